The molecule has 1 aliphatic rings. The molecule has 0 saturated carbocycles. The van der Waals surface area contributed by atoms with Crippen LogP contribution in [0, 0.1) is 0 Å². The van der Waals surface area contributed by atoms with E-state index in [0.717, 1.165) is 12.8 Å². The van der Waals surface area contributed by atoms with Crippen LogP contribution in [0.3, 0.4) is 0 Å². The Balaban J connectivity index is 2.21. The van der Waals surface area contributed by atoms with Crippen LogP contribution in [0.1, 0.15) is 38.5 Å². The van der Waals surface area contributed by atoms with Crippen LogP contribution in [-0.2, 0) is 0 Å². The second-order valence-corrected chi connectivity index (χ2v) is 3.33. The molecule has 1 aliphatic carbocycles. The number of hydrogen-bond donors (Lipinski definition) is 1. The standard InChI is InChI=1S/C11H18O/c12-10-6-5-9-11-7-3-1-2-4-8-11/h1,3,7,12H,2,4-6,8-10H2. The van der Waals surface area contributed by atoms with E-state index in [-0.39, 0.29) is 0 Å². The normalized spacial score (nSPS) is 17.2. The summed E-state index contributed by atoms with van der Waals surface area (Å²) in [4.78, 5) is 0. The topological polar surface area (TPSA) is 20.2 Å². The number of unbranched alkanes of at least 4 members (excludes halogenated alkanes) is 1. The van der Waals surface area contributed by atoms with Gasteiger partial charge in [-0.2, -0.15) is 0 Å². The van der Waals surface area contributed by atoms with E-state index in [4.69, 9.17) is 5.11 Å². The minimum Gasteiger partial charge on any atom is -0.396 e. The van der Waals surface area contributed by atoms with E-state index in [1.165, 1.54) is 25.7 Å². The minimum absolute atomic E-state index is 0.336. The molecule has 0 unspecified atom stereocenters. The Bertz CT molecular complexity index is 168. The Morgan fingerprint density at radius 1 is 1.33 bits per heavy atom. The predicted octanol–water partition coefficient (Wildman–Crippen LogP) is 2.82. The second-order valence-electron chi connectivity index (χ2n) is 3.33. The van der Waals surface area contributed by atoms with Gasteiger partial charge in [-0.3, -0.25) is 0 Å². The molecule has 12 heavy (non-hydrogen) atoms. The van der Waals surface area contributed by atoms with Crippen molar-refractivity contribution < 1.29 is 5.11 Å². The van der Waals surface area contributed by atoms with Gasteiger partial charge in [-0.15, -0.1) is 0 Å². The molecule has 0 aromatic heterocycles. The molecule has 0 aromatic rings. The van der Waals surface area contributed by atoms with Crippen molar-refractivity contribution in [3.05, 3.63) is 23.8 Å². The molecule has 1 nitrogen and oxygen atoms in total. The summed E-state index contributed by atoms with van der Waals surface area (Å²) in [5.41, 5.74) is 1.55. The van der Waals surface area contributed by atoms with Crippen molar-refractivity contribution in [3.8, 4) is 0 Å². The highest BCUT2D eigenvalue weighted by atomic mass is 16.2. The molecule has 1 rings (SSSR count). The van der Waals surface area contributed by atoms with Gasteiger partial charge in [0, 0.05) is 6.61 Å². The van der Waals surface area contributed by atoms with E-state index in [1.807, 2.05) is 0 Å². The van der Waals surface area contributed by atoms with Crippen molar-refractivity contribution in [2.24, 2.45) is 0 Å². The van der Waals surface area contributed by atoms with Gasteiger partial charge in [0.15, 0.2) is 0 Å². The predicted molar refractivity (Wildman–Crippen MR) is 52.0 cm³/mol. The van der Waals surface area contributed by atoms with Gasteiger partial charge in [0.25, 0.3) is 0 Å². The molecule has 0 aliphatic heterocycles. The van der Waals surface area contributed by atoms with E-state index < -0.39 is 0 Å². The Morgan fingerprint density at radius 2 is 2.25 bits per heavy atom. The van der Waals surface area contributed by atoms with E-state index in [1.54, 1.807) is 5.57 Å². The Hall–Kier alpha value is -0.560. The van der Waals surface area contributed by atoms with Crippen molar-refractivity contribution in [1.29, 1.82) is 0 Å². The van der Waals surface area contributed by atoms with Crippen LogP contribution in [0.5, 0.6) is 0 Å². The van der Waals surface area contributed by atoms with Crippen molar-refractivity contribution >= 4 is 0 Å². The third-order valence-electron chi connectivity index (χ3n) is 2.24. The maximum absolute atomic E-state index is 8.62. The number of hydrogen-bond acceptors (Lipinski definition) is 1. The van der Waals surface area contributed by atoms with Crippen LogP contribution >= 0.6 is 0 Å². The molecular weight excluding hydrogens is 148 g/mol. The summed E-state index contributed by atoms with van der Waals surface area (Å²) in [6, 6.07) is 0. The summed E-state index contributed by atoms with van der Waals surface area (Å²) in [6.45, 7) is 0.336. The first-order chi connectivity index (χ1) is 5.93. The Morgan fingerprint density at radius 3 is 3.08 bits per heavy atom. The lowest BCUT2D eigenvalue weighted by Gasteiger charge is -2.03. The monoisotopic (exact) mass is 166 g/mol. The Kier molecular flexibility index (Phi) is 4.77. The van der Waals surface area contributed by atoms with Crippen molar-refractivity contribution in [1.82, 2.24) is 0 Å². The van der Waals surface area contributed by atoms with Crippen molar-refractivity contribution in [2.45, 2.75) is 38.5 Å². The number of allylic oxidation sites excluding steroid dienone is 4. The van der Waals surface area contributed by atoms with E-state index in [0.29, 0.717) is 6.61 Å². The molecule has 0 aromatic carbocycles. The average Bonchev–Trinajstić information content (AvgIpc) is 2.33. The summed E-state index contributed by atoms with van der Waals surface area (Å²) in [6.07, 6.45) is 13.7. The van der Waals surface area contributed by atoms with Gasteiger partial charge in [0.05, 0.1) is 0 Å². The molecule has 68 valence electrons. The van der Waals surface area contributed by atoms with Crippen LogP contribution in [0.15, 0.2) is 23.8 Å². The summed E-state index contributed by atoms with van der Waals surface area (Å²) in [5, 5.41) is 8.62. The first-order valence-corrected chi connectivity index (χ1v) is 4.89. The SMILES string of the molecule is OCCCCC1=CC=CCCC1. The van der Waals surface area contributed by atoms with Crippen LogP contribution in [-0.4, -0.2) is 11.7 Å². The zero-order valence-electron chi connectivity index (χ0n) is 7.63. The van der Waals surface area contributed by atoms with E-state index in [9.17, 15) is 0 Å². The summed E-state index contributed by atoms with van der Waals surface area (Å²) in [5.74, 6) is 0. The van der Waals surface area contributed by atoms with Crippen LogP contribution < -0.4 is 0 Å². The fourth-order valence-corrected chi connectivity index (χ4v) is 1.50. The molecular formula is C11H18O. The molecule has 0 fully saturated rings. The largest absolute Gasteiger partial charge is 0.396 e. The van der Waals surface area contributed by atoms with Crippen molar-refractivity contribution in [3.63, 3.8) is 0 Å². The quantitative estimate of drug-likeness (QED) is 0.637. The highest BCUT2D eigenvalue weighted by Crippen LogP contribution is 2.17. The highest BCUT2D eigenvalue weighted by Gasteiger charge is 1.98. The van der Waals surface area contributed by atoms with Gasteiger partial charge >= 0.3 is 0 Å². The molecule has 1 N–H and O–H groups in total. The Labute approximate surface area is 74.8 Å². The third kappa shape index (κ3) is 3.72. The molecule has 0 atom stereocenters. The van der Waals surface area contributed by atoms with Gasteiger partial charge in [-0.1, -0.05) is 23.8 Å². The van der Waals surface area contributed by atoms with Crippen molar-refractivity contribution in [2.75, 3.05) is 6.61 Å². The lowest BCUT2D eigenvalue weighted by atomic mass is 10.0. The molecule has 0 amide bonds. The zero-order valence-corrected chi connectivity index (χ0v) is 7.63. The molecule has 0 radical (unpaired) electrons. The lowest BCUT2D eigenvalue weighted by Crippen LogP contribution is -1.87. The van der Waals surface area contributed by atoms with E-state index >= 15 is 0 Å². The summed E-state index contributed by atoms with van der Waals surface area (Å²) < 4.78 is 0. The van der Waals surface area contributed by atoms with Gasteiger partial charge in [-0.25, -0.2) is 0 Å². The summed E-state index contributed by atoms with van der Waals surface area (Å²) >= 11 is 0. The molecule has 0 bridgehead atoms. The van der Waals surface area contributed by atoms with E-state index in [2.05, 4.69) is 18.2 Å². The smallest absolute Gasteiger partial charge is 0.0431 e. The molecule has 0 heterocycles. The van der Waals surface area contributed by atoms with Crippen LogP contribution in [0.2, 0.25) is 0 Å². The minimum atomic E-state index is 0.336. The maximum atomic E-state index is 8.62. The van der Waals surface area contributed by atoms with Gasteiger partial charge < -0.3 is 5.11 Å². The first kappa shape index (κ1) is 9.53. The van der Waals surface area contributed by atoms with Gasteiger partial charge in [0.1, 0.15) is 0 Å². The third-order valence-corrected chi connectivity index (χ3v) is 2.24. The van der Waals surface area contributed by atoms with Crippen LogP contribution in [0.25, 0.3) is 0 Å². The zero-order chi connectivity index (χ0) is 8.65. The van der Waals surface area contributed by atoms with Gasteiger partial charge in [0.2, 0.25) is 0 Å². The highest BCUT2D eigenvalue weighted by molar-refractivity contribution is 5.14. The number of rotatable bonds is 4. The maximum Gasteiger partial charge on any atom is 0.0431 e. The average molecular weight is 166 g/mol. The number of aliphatic hydroxyl groups excluding tert-OH is 1. The number of aliphatic hydroxyl groups is 1. The molecule has 0 saturated heterocycles. The second kappa shape index (κ2) is 6.01. The molecule has 1 heteroatoms. The fourth-order valence-electron chi connectivity index (χ4n) is 1.50. The van der Waals surface area contributed by atoms with Gasteiger partial charge in [-0.05, 0) is 38.5 Å². The lowest BCUT2D eigenvalue weighted by molar-refractivity contribution is 0.284. The first-order valence-electron chi connectivity index (χ1n) is 4.89. The molecule has 0 spiro atoms. The van der Waals surface area contributed by atoms with Crippen LogP contribution in [0.4, 0.5) is 0 Å². The fraction of sp³-hybridized carbons (Fsp3) is 0.636. The summed E-state index contributed by atoms with van der Waals surface area (Å²) in [7, 11) is 0.